The summed E-state index contributed by atoms with van der Waals surface area (Å²) in [4.78, 5) is 16.8. The maximum atomic E-state index is 15.1. The second kappa shape index (κ2) is 9.95. The lowest BCUT2D eigenvalue weighted by molar-refractivity contribution is -0.118. The van der Waals surface area contributed by atoms with Crippen LogP contribution in [0, 0.1) is 37.5 Å². The van der Waals surface area contributed by atoms with Crippen molar-refractivity contribution in [3.63, 3.8) is 0 Å². The largest absolute Gasteiger partial charge is 0.358 e. The molecule has 7 nitrogen and oxygen atoms in total. The average molecular weight is 492 g/mol. The molecule has 1 unspecified atom stereocenters. The van der Waals surface area contributed by atoms with Crippen LogP contribution in [0.1, 0.15) is 37.1 Å². The van der Waals surface area contributed by atoms with Gasteiger partial charge in [-0.25, -0.2) is 19.7 Å². The molecule has 2 heterocycles. The van der Waals surface area contributed by atoms with E-state index < -0.39 is 22.0 Å². The molecule has 0 aromatic carbocycles. The topological polar surface area (TPSA) is 95.1 Å². The molecular formula is C25H38FN5O2S. The van der Waals surface area contributed by atoms with Crippen molar-refractivity contribution in [1.82, 2.24) is 14.8 Å². The minimum Gasteiger partial charge on any atom is -0.358 e. The molecule has 9 heteroatoms. The Morgan fingerprint density at radius 2 is 1.88 bits per heavy atom. The van der Waals surface area contributed by atoms with Gasteiger partial charge in [-0.15, -0.1) is 0 Å². The zero-order chi connectivity index (χ0) is 24.6. The van der Waals surface area contributed by atoms with E-state index in [1.54, 1.807) is 16.8 Å². The average Bonchev–Trinajstić information content (AvgIpc) is 3.67. The number of hydrogen-bond acceptors (Lipinski definition) is 5. The second-order valence-electron chi connectivity index (χ2n) is 10.7. The first kappa shape index (κ1) is 25.1. The van der Waals surface area contributed by atoms with Crippen LogP contribution in [0.5, 0.6) is 0 Å². The van der Waals surface area contributed by atoms with Gasteiger partial charge in [0.15, 0.2) is 0 Å². The Hall–Kier alpha value is -1.97. The maximum absolute atomic E-state index is 15.1. The van der Waals surface area contributed by atoms with Crippen LogP contribution in [0.2, 0.25) is 0 Å². The van der Waals surface area contributed by atoms with Gasteiger partial charge in [0.05, 0.1) is 18.3 Å². The Bertz CT molecular complexity index is 1030. The van der Waals surface area contributed by atoms with E-state index in [-0.39, 0.29) is 17.6 Å². The fourth-order valence-corrected chi connectivity index (χ4v) is 5.30. The number of nitrogens with zero attached hydrogens (tertiary/aromatic N) is 3. The van der Waals surface area contributed by atoms with Gasteiger partial charge in [-0.3, -0.25) is 4.79 Å². The first-order valence-corrected chi connectivity index (χ1v) is 15.1. The molecule has 4 rings (SSSR count). The number of aromatic nitrogens is 3. The van der Waals surface area contributed by atoms with E-state index in [0.717, 1.165) is 37.1 Å². The number of nitrogens with one attached hydrogen (secondary N) is 1. The van der Waals surface area contributed by atoms with Crippen molar-refractivity contribution in [2.75, 3.05) is 36.4 Å². The molecule has 0 spiro atoms. The van der Waals surface area contributed by atoms with Crippen molar-refractivity contribution in [3.8, 4) is 11.1 Å². The van der Waals surface area contributed by atoms with E-state index >= 15 is 4.39 Å². The Labute approximate surface area is 203 Å². The van der Waals surface area contributed by atoms with Gasteiger partial charge in [0.25, 0.3) is 0 Å². The molecule has 3 N–H and O–H groups in total. The summed E-state index contributed by atoms with van der Waals surface area (Å²) in [7, 11) is -0.616. The summed E-state index contributed by atoms with van der Waals surface area (Å²) in [6.45, 7) is 4.74. The predicted octanol–water partition coefficient (Wildman–Crippen LogP) is 4.07. The van der Waals surface area contributed by atoms with Crippen LogP contribution in [-0.4, -0.2) is 57.8 Å². The van der Waals surface area contributed by atoms with Crippen LogP contribution >= 0.6 is 10.0 Å². The Morgan fingerprint density at radius 3 is 2.44 bits per heavy atom. The zero-order valence-electron chi connectivity index (χ0n) is 20.9. The highest BCUT2D eigenvalue weighted by Gasteiger charge is 2.46. The number of anilines is 1. The monoisotopic (exact) mass is 491 g/mol. The van der Waals surface area contributed by atoms with Crippen molar-refractivity contribution in [3.05, 3.63) is 29.5 Å². The third-order valence-corrected chi connectivity index (χ3v) is 8.25. The number of carbonyl (C=O) groups is 1. The third-order valence-electron chi connectivity index (χ3n) is 6.85. The Kier molecular flexibility index (Phi) is 7.36. The van der Waals surface area contributed by atoms with Crippen LogP contribution in [-0.2, 0) is 16.3 Å². The van der Waals surface area contributed by atoms with Gasteiger partial charge in [-0.1, -0.05) is 0 Å². The first-order valence-electron chi connectivity index (χ1n) is 12.1. The molecule has 0 radical (unpaired) electrons. The molecular weight excluding hydrogens is 453 g/mol. The Morgan fingerprint density at radius 1 is 1.24 bits per heavy atom. The molecule has 2 fully saturated rings. The number of rotatable bonds is 11. The fraction of sp³-hybridized carbons (Fsp3) is 0.640. The highest BCUT2D eigenvalue weighted by molar-refractivity contribution is 8.32. The van der Waals surface area contributed by atoms with Crippen LogP contribution in [0.15, 0.2) is 12.1 Å². The number of hydrogen-bond donors (Lipinski definition) is 2. The molecule has 1 atom stereocenters. The van der Waals surface area contributed by atoms with Crippen LogP contribution in [0.4, 0.5) is 10.2 Å². The lowest BCUT2D eigenvalue weighted by Crippen LogP contribution is -2.44. The number of ether oxygens (including phenoxy) is 1. The van der Waals surface area contributed by atoms with E-state index in [9.17, 15) is 4.79 Å². The van der Waals surface area contributed by atoms with E-state index in [1.165, 1.54) is 0 Å². The molecule has 2 aromatic heterocycles. The van der Waals surface area contributed by atoms with Gasteiger partial charge in [0.1, 0.15) is 12.5 Å². The van der Waals surface area contributed by atoms with Crippen LogP contribution < -0.4 is 11.1 Å². The quantitative estimate of drug-likeness (QED) is 0.365. The standard InChI is InChI=1S/C25H38FN5O2S/c1-15-21(16(2)31(30-15)14-33-12-13-34(3,4)5)19-10-11-20(28-24(19)26)29-25(32)23(27)22(17-6-7-17)18-8-9-18/h10-11,17-18,22-23H,6-9,12-14,27H2,1-5H3,(H,28,29,32). The lowest BCUT2D eigenvalue weighted by Gasteiger charge is -2.24. The summed E-state index contributed by atoms with van der Waals surface area (Å²) in [6.07, 6.45) is 11.4. The predicted molar refractivity (Wildman–Crippen MR) is 137 cm³/mol. The van der Waals surface area contributed by atoms with Crippen molar-refractivity contribution < 1.29 is 13.9 Å². The number of pyridine rings is 1. The van der Waals surface area contributed by atoms with Crippen molar-refractivity contribution in [1.29, 1.82) is 0 Å². The van der Waals surface area contributed by atoms with Gasteiger partial charge in [0, 0.05) is 22.6 Å². The Balaban J connectivity index is 1.42. The summed E-state index contributed by atoms with van der Waals surface area (Å²) < 4.78 is 22.6. The zero-order valence-corrected chi connectivity index (χ0v) is 21.8. The normalized spacial score (nSPS) is 17.8. The summed E-state index contributed by atoms with van der Waals surface area (Å²) in [5, 5.41) is 7.27. The lowest BCUT2D eigenvalue weighted by atomic mass is 9.89. The summed E-state index contributed by atoms with van der Waals surface area (Å²) >= 11 is 0. The highest BCUT2D eigenvalue weighted by Crippen LogP contribution is 2.50. The SMILES string of the molecule is Cc1nn(COCCS(C)(C)C)c(C)c1-c1ccc(NC(=O)C(N)C(C2CC2)C2CC2)nc1F. The fourth-order valence-electron chi connectivity index (χ4n) is 4.68. The smallest absolute Gasteiger partial charge is 0.242 e. The van der Waals surface area contributed by atoms with Gasteiger partial charge < -0.3 is 15.8 Å². The van der Waals surface area contributed by atoms with Gasteiger partial charge in [-0.05, 0) is 88.2 Å². The highest BCUT2D eigenvalue weighted by atomic mass is 32.3. The van der Waals surface area contributed by atoms with Crippen molar-refractivity contribution in [2.45, 2.75) is 52.3 Å². The molecule has 2 aromatic rings. The number of nitrogens with two attached hydrogens (primary N) is 1. The van der Waals surface area contributed by atoms with E-state index in [2.05, 4.69) is 34.2 Å². The minimum absolute atomic E-state index is 0.183. The number of carbonyl (C=O) groups excluding carboxylic acids is 1. The first-order chi connectivity index (χ1) is 16.0. The van der Waals surface area contributed by atoms with E-state index in [0.29, 0.717) is 42.0 Å². The second-order valence-corrected chi connectivity index (χ2v) is 15.3. The number of aryl methyl sites for hydroxylation is 1. The minimum atomic E-state index is -0.643. The van der Waals surface area contributed by atoms with Crippen LogP contribution in [0.25, 0.3) is 11.1 Å². The maximum Gasteiger partial charge on any atom is 0.242 e. The molecule has 0 bridgehead atoms. The van der Waals surface area contributed by atoms with Gasteiger partial charge in [-0.2, -0.15) is 9.49 Å². The summed E-state index contributed by atoms with van der Waals surface area (Å²) in [5.74, 6) is 1.63. The third kappa shape index (κ3) is 5.98. The van der Waals surface area contributed by atoms with E-state index in [4.69, 9.17) is 10.5 Å². The van der Waals surface area contributed by atoms with Crippen molar-refractivity contribution in [2.24, 2.45) is 23.5 Å². The molecule has 1 amide bonds. The summed E-state index contributed by atoms with van der Waals surface area (Å²) in [5.41, 5.74) is 8.89. The molecule has 2 aliphatic rings. The van der Waals surface area contributed by atoms with Crippen LogP contribution in [0.3, 0.4) is 0 Å². The van der Waals surface area contributed by atoms with Gasteiger partial charge in [0.2, 0.25) is 11.9 Å². The van der Waals surface area contributed by atoms with Gasteiger partial charge >= 0.3 is 0 Å². The molecule has 2 saturated carbocycles. The number of halogens is 1. The molecule has 34 heavy (non-hydrogen) atoms. The summed E-state index contributed by atoms with van der Waals surface area (Å²) in [6, 6.07) is 2.70. The van der Waals surface area contributed by atoms with Crippen molar-refractivity contribution >= 4 is 21.8 Å². The molecule has 2 aliphatic carbocycles. The number of amides is 1. The molecule has 0 aliphatic heterocycles. The molecule has 188 valence electrons. The molecule has 0 saturated heterocycles. The van der Waals surface area contributed by atoms with E-state index in [1.807, 2.05) is 13.8 Å².